The molecular weight excluding hydrogens is 426 g/mol. The smallest absolute Gasteiger partial charge is 0.265 e. The van der Waals surface area contributed by atoms with Crippen LogP contribution in [0.3, 0.4) is 0 Å². The standard InChI is InChI=1S/C20H19N3O5S2/c1-22(2)29(25,26)17-11-4-3-9-15(17)21-19(24)13-23-16-10-5-7-14-8-6-12-18(20(14)16)30(23,27)28/h3-12H,13H2,1-2H3,(H,21,24). The lowest BCUT2D eigenvalue weighted by Crippen LogP contribution is -2.36. The van der Waals surface area contributed by atoms with Crippen LogP contribution in [0.1, 0.15) is 0 Å². The molecule has 0 saturated heterocycles. The molecule has 30 heavy (non-hydrogen) atoms. The molecule has 0 atom stereocenters. The van der Waals surface area contributed by atoms with Crippen molar-refractivity contribution in [1.82, 2.24) is 4.31 Å². The Balaban J connectivity index is 1.67. The van der Waals surface area contributed by atoms with Gasteiger partial charge in [0.25, 0.3) is 10.0 Å². The molecule has 1 heterocycles. The molecule has 0 aromatic heterocycles. The van der Waals surface area contributed by atoms with Gasteiger partial charge in [0.05, 0.1) is 16.3 Å². The lowest BCUT2D eigenvalue weighted by Gasteiger charge is -2.19. The first-order valence-electron chi connectivity index (χ1n) is 9.00. The number of nitrogens with zero attached hydrogens (tertiary/aromatic N) is 2. The number of anilines is 2. The van der Waals surface area contributed by atoms with Gasteiger partial charge in [0.2, 0.25) is 15.9 Å². The molecule has 3 aromatic rings. The molecule has 156 valence electrons. The molecule has 1 N–H and O–H groups in total. The zero-order valence-corrected chi connectivity index (χ0v) is 17.9. The Kier molecular flexibility index (Phi) is 4.80. The molecule has 0 radical (unpaired) electrons. The van der Waals surface area contributed by atoms with Gasteiger partial charge in [-0.3, -0.25) is 9.10 Å². The average molecular weight is 446 g/mol. The van der Waals surface area contributed by atoms with Gasteiger partial charge in [-0.2, -0.15) is 0 Å². The number of nitrogens with one attached hydrogen (secondary N) is 1. The van der Waals surface area contributed by atoms with Crippen LogP contribution < -0.4 is 9.62 Å². The fourth-order valence-corrected chi connectivity index (χ4v) is 6.15. The van der Waals surface area contributed by atoms with Crippen LogP contribution in [0, 0.1) is 0 Å². The minimum Gasteiger partial charge on any atom is -0.323 e. The van der Waals surface area contributed by atoms with Gasteiger partial charge in [-0.15, -0.1) is 0 Å². The zero-order chi connectivity index (χ0) is 21.7. The molecule has 0 saturated carbocycles. The molecule has 1 amide bonds. The highest BCUT2D eigenvalue weighted by Crippen LogP contribution is 2.41. The first-order valence-corrected chi connectivity index (χ1v) is 11.9. The summed E-state index contributed by atoms with van der Waals surface area (Å²) >= 11 is 0. The van der Waals surface area contributed by atoms with Gasteiger partial charge in [-0.1, -0.05) is 36.4 Å². The zero-order valence-electron chi connectivity index (χ0n) is 16.2. The van der Waals surface area contributed by atoms with E-state index in [-0.39, 0.29) is 15.5 Å². The summed E-state index contributed by atoms with van der Waals surface area (Å²) in [6.07, 6.45) is 0. The number of carbonyl (C=O) groups excluding carboxylic acids is 1. The number of amides is 1. The van der Waals surface area contributed by atoms with Crippen molar-refractivity contribution in [1.29, 1.82) is 0 Å². The third-order valence-corrected chi connectivity index (χ3v) is 8.56. The fourth-order valence-electron chi connectivity index (χ4n) is 3.44. The summed E-state index contributed by atoms with van der Waals surface area (Å²) in [6.45, 7) is -0.480. The highest BCUT2D eigenvalue weighted by molar-refractivity contribution is 7.93. The van der Waals surface area contributed by atoms with Gasteiger partial charge >= 0.3 is 0 Å². The quantitative estimate of drug-likeness (QED) is 0.649. The molecule has 0 aliphatic carbocycles. The Morgan fingerprint density at radius 3 is 2.37 bits per heavy atom. The van der Waals surface area contributed by atoms with E-state index in [1.54, 1.807) is 30.3 Å². The Morgan fingerprint density at radius 2 is 1.67 bits per heavy atom. The topological polar surface area (TPSA) is 104 Å². The van der Waals surface area contributed by atoms with E-state index in [1.807, 2.05) is 12.1 Å². The first kappa shape index (κ1) is 20.3. The lowest BCUT2D eigenvalue weighted by molar-refractivity contribution is -0.114. The maximum atomic E-state index is 13.0. The second kappa shape index (κ2) is 7.08. The molecular formula is C20H19N3O5S2. The second-order valence-electron chi connectivity index (χ2n) is 6.97. The summed E-state index contributed by atoms with van der Waals surface area (Å²) in [5.74, 6) is -0.648. The third-order valence-electron chi connectivity index (χ3n) is 4.89. The highest BCUT2D eigenvalue weighted by atomic mass is 32.2. The number of rotatable bonds is 5. The van der Waals surface area contributed by atoms with Gasteiger partial charge in [0.1, 0.15) is 11.4 Å². The summed E-state index contributed by atoms with van der Waals surface area (Å²) < 4.78 is 53.2. The molecule has 0 fully saturated rings. The summed E-state index contributed by atoms with van der Waals surface area (Å²) in [7, 11) is -4.90. The van der Waals surface area contributed by atoms with Crippen LogP contribution in [-0.4, -0.2) is 47.7 Å². The van der Waals surface area contributed by atoms with Crippen molar-refractivity contribution >= 4 is 48.1 Å². The van der Waals surface area contributed by atoms with E-state index in [9.17, 15) is 21.6 Å². The number of hydrogen-bond acceptors (Lipinski definition) is 5. The predicted octanol–water partition coefficient (Wildman–Crippen LogP) is 2.24. The summed E-state index contributed by atoms with van der Waals surface area (Å²) in [5.41, 5.74) is 0.510. The second-order valence-corrected chi connectivity index (χ2v) is 10.9. The van der Waals surface area contributed by atoms with Crippen molar-refractivity contribution in [2.24, 2.45) is 0 Å². The molecule has 1 aliphatic heterocycles. The minimum atomic E-state index is -3.89. The maximum absolute atomic E-state index is 13.0. The maximum Gasteiger partial charge on any atom is 0.265 e. The van der Waals surface area contributed by atoms with Gasteiger partial charge in [-0.25, -0.2) is 21.1 Å². The largest absolute Gasteiger partial charge is 0.323 e. The van der Waals surface area contributed by atoms with Crippen LogP contribution in [0.25, 0.3) is 10.8 Å². The fraction of sp³-hybridized carbons (Fsp3) is 0.150. The van der Waals surface area contributed by atoms with Crippen LogP contribution in [0.15, 0.2) is 70.5 Å². The molecule has 3 aromatic carbocycles. The monoisotopic (exact) mass is 445 g/mol. The normalized spacial score (nSPS) is 15.0. The van der Waals surface area contributed by atoms with Crippen LogP contribution in [-0.2, 0) is 24.8 Å². The van der Waals surface area contributed by atoms with E-state index in [0.29, 0.717) is 11.1 Å². The predicted molar refractivity (Wildman–Crippen MR) is 114 cm³/mol. The van der Waals surface area contributed by atoms with Crippen LogP contribution in [0.5, 0.6) is 0 Å². The number of benzene rings is 3. The molecule has 1 aliphatic rings. The van der Waals surface area contributed by atoms with Gasteiger partial charge in [0.15, 0.2) is 0 Å². The van der Waals surface area contributed by atoms with Gasteiger partial charge < -0.3 is 5.32 Å². The van der Waals surface area contributed by atoms with E-state index in [2.05, 4.69) is 5.32 Å². The number of para-hydroxylation sites is 1. The van der Waals surface area contributed by atoms with E-state index < -0.39 is 32.5 Å². The SMILES string of the molecule is CN(C)S(=O)(=O)c1ccccc1NC(=O)CN1c2cccc3cccc(c23)S1(=O)=O. The van der Waals surface area contributed by atoms with Crippen LogP contribution >= 0.6 is 0 Å². The van der Waals surface area contributed by atoms with Crippen molar-refractivity contribution in [3.05, 3.63) is 60.7 Å². The van der Waals surface area contributed by atoms with E-state index in [1.165, 1.54) is 32.3 Å². The highest BCUT2D eigenvalue weighted by Gasteiger charge is 2.36. The Labute approximate surface area is 174 Å². The van der Waals surface area contributed by atoms with Crippen molar-refractivity contribution in [3.8, 4) is 0 Å². The average Bonchev–Trinajstić information content (AvgIpc) is 2.91. The molecule has 4 rings (SSSR count). The van der Waals surface area contributed by atoms with Crippen LogP contribution in [0.2, 0.25) is 0 Å². The first-order chi connectivity index (χ1) is 14.1. The third kappa shape index (κ3) is 3.13. The van der Waals surface area contributed by atoms with Crippen molar-refractivity contribution in [2.45, 2.75) is 9.79 Å². The Hall–Kier alpha value is -2.95. The minimum absolute atomic E-state index is 0.0713. The molecule has 0 spiro atoms. The Bertz CT molecular complexity index is 1380. The summed E-state index contributed by atoms with van der Waals surface area (Å²) in [4.78, 5) is 12.8. The number of sulfonamides is 2. The van der Waals surface area contributed by atoms with Crippen molar-refractivity contribution < 1.29 is 21.6 Å². The van der Waals surface area contributed by atoms with Crippen molar-refractivity contribution in [2.75, 3.05) is 30.3 Å². The Morgan fingerprint density at radius 1 is 1.00 bits per heavy atom. The van der Waals surface area contributed by atoms with E-state index >= 15 is 0 Å². The molecule has 0 bridgehead atoms. The van der Waals surface area contributed by atoms with Gasteiger partial charge in [-0.05, 0) is 29.7 Å². The van der Waals surface area contributed by atoms with E-state index in [4.69, 9.17) is 0 Å². The summed E-state index contributed by atoms with van der Waals surface area (Å²) in [5, 5.41) is 3.88. The number of carbonyl (C=O) groups is 1. The number of hydrogen-bond donors (Lipinski definition) is 1. The lowest BCUT2D eigenvalue weighted by atomic mass is 10.1. The molecule has 0 unspecified atom stereocenters. The van der Waals surface area contributed by atoms with Gasteiger partial charge in [0, 0.05) is 19.5 Å². The van der Waals surface area contributed by atoms with E-state index in [0.717, 1.165) is 14.0 Å². The summed E-state index contributed by atoms with van der Waals surface area (Å²) in [6, 6.07) is 16.1. The molecule has 10 heteroatoms. The molecule has 8 nitrogen and oxygen atoms in total. The van der Waals surface area contributed by atoms with Crippen LogP contribution in [0.4, 0.5) is 11.4 Å². The van der Waals surface area contributed by atoms with Crippen molar-refractivity contribution in [3.63, 3.8) is 0 Å².